The highest BCUT2D eigenvalue weighted by molar-refractivity contribution is 6.04. The van der Waals surface area contributed by atoms with Crippen LogP contribution < -0.4 is 14.8 Å². The molecule has 2 unspecified atom stereocenters. The van der Waals surface area contributed by atoms with Crippen LogP contribution in [0.3, 0.4) is 0 Å². The molecular weight excluding hydrogens is 446 g/mol. The summed E-state index contributed by atoms with van der Waals surface area (Å²) in [6, 6.07) is 15.5. The maximum absolute atomic E-state index is 13.7. The zero-order valence-electron chi connectivity index (χ0n) is 20.6. The molecule has 2 aromatic rings. The number of Topliss-reactive ketones (excluding diaryl/α,β-unsaturated/α-hetero) is 1. The Morgan fingerprint density at radius 3 is 2.46 bits per heavy atom. The Kier molecular flexibility index (Phi) is 7.56. The van der Waals surface area contributed by atoms with Gasteiger partial charge in [-0.3, -0.25) is 4.79 Å². The Morgan fingerprint density at radius 2 is 1.77 bits per heavy atom. The highest BCUT2D eigenvalue weighted by Crippen LogP contribution is 2.48. The second-order valence-corrected chi connectivity index (χ2v) is 8.66. The molecule has 2 aliphatic rings. The number of dihydropyridines is 1. The lowest BCUT2D eigenvalue weighted by molar-refractivity contribution is -0.140. The molecule has 0 radical (unpaired) electrons. The fraction of sp³-hybridized carbons (Fsp3) is 0.357. The SMILES string of the molecule is COCCOC(=O)C1=C(C)NC2=C(C(=O)CC(c3ccccc3)C2)C1c1cc(OC)ccc1OC. The van der Waals surface area contributed by atoms with Crippen molar-refractivity contribution in [3.05, 3.63) is 82.2 Å². The standard InChI is InChI=1S/C28H31NO6/c1-17-25(28(31)35-13-12-32-2)26(21-16-20(33-3)10-11-24(21)34-4)27-22(29-17)14-19(15-23(27)30)18-8-6-5-7-9-18/h5-11,16,19,26,29H,12-15H2,1-4H3. The molecule has 2 atom stereocenters. The fourth-order valence-electron chi connectivity index (χ4n) is 4.94. The number of carbonyl (C=O) groups excluding carboxylic acids is 2. The number of ketones is 1. The van der Waals surface area contributed by atoms with E-state index in [1.807, 2.05) is 31.2 Å². The second kappa shape index (κ2) is 10.8. The van der Waals surface area contributed by atoms with Gasteiger partial charge in [0.2, 0.25) is 0 Å². The number of carbonyl (C=O) groups is 2. The van der Waals surface area contributed by atoms with Crippen molar-refractivity contribution < 1.29 is 28.5 Å². The normalized spacial score (nSPS) is 19.7. The number of benzene rings is 2. The molecule has 1 aliphatic carbocycles. The van der Waals surface area contributed by atoms with Crippen molar-refractivity contribution >= 4 is 11.8 Å². The van der Waals surface area contributed by atoms with E-state index in [0.29, 0.717) is 46.7 Å². The van der Waals surface area contributed by atoms with E-state index in [1.54, 1.807) is 33.5 Å². The van der Waals surface area contributed by atoms with E-state index in [2.05, 4.69) is 17.4 Å². The zero-order valence-corrected chi connectivity index (χ0v) is 20.6. The highest BCUT2D eigenvalue weighted by atomic mass is 16.6. The molecule has 0 amide bonds. The van der Waals surface area contributed by atoms with E-state index >= 15 is 0 Å². The Bertz CT molecular complexity index is 1170. The summed E-state index contributed by atoms with van der Waals surface area (Å²) in [5, 5.41) is 3.37. The molecule has 1 N–H and O–H groups in total. The number of rotatable bonds is 8. The van der Waals surface area contributed by atoms with Crippen LogP contribution in [0.15, 0.2) is 71.1 Å². The van der Waals surface area contributed by atoms with E-state index in [4.69, 9.17) is 18.9 Å². The summed E-state index contributed by atoms with van der Waals surface area (Å²) in [6.45, 7) is 2.24. The molecule has 4 rings (SSSR count). The summed E-state index contributed by atoms with van der Waals surface area (Å²) < 4.78 is 21.7. The maximum Gasteiger partial charge on any atom is 0.336 e. The predicted molar refractivity (Wildman–Crippen MR) is 131 cm³/mol. The molecule has 184 valence electrons. The maximum atomic E-state index is 13.7. The molecule has 7 nitrogen and oxygen atoms in total. The monoisotopic (exact) mass is 477 g/mol. The molecule has 0 aromatic heterocycles. The largest absolute Gasteiger partial charge is 0.497 e. The van der Waals surface area contributed by atoms with Crippen molar-refractivity contribution in [3.8, 4) is 11.5 Å². The van der Waals surface area contributed by atoms with Gasteiger partial charge in [-0.15, -0.1) is 0 Å². The summed E-state index contributed by atoms with van der Waals surface area (Å²) in [5.74, 6) is 0.0965. The van der Waals surface area contributed by atoms with Gasteiger partial charge in [0.05, 0.1) is 32.3 Å². The lowest BCUT2D eigenvalue weighted by atomic mass is 9.71. The van der Waals surface area contributed by atoms with Crippen LogP contribution in [0.2, 0.25) is 0 Å². The van der Waals surface area contributed by atoms with E-state index in [0.717, 1.165) is 11.3 Å². The average molecular weight is 478 g/mol. The first-order valence-corrected chi connectivity index (χ1v) is 11.6. The van der Waals surface area contributed by atoms with Gasteiger partial charge in [-0.2, -0.15) is 0 Å². The molecule has 0 bridgehead atoms. The van der Waals surface area contributed by atoms with Gasteiger partial charge < -0.3 is 24.3 Å². The van der Waals surface area contributed by atoms with Crippen LogP contribution in [-0.2, 0) is 19.1 Å². The first-order valence-electron chi connectivity index (χ1n) is 11.6. The lowest BCUT2D eigenvalue weighted by Gasteiger charge is -2.37. The molecule has 35 heavy (non-hydrogen) atoms. The van der Waals surface area contributed by atoms with Crippen LogP contribution in [0.4, 0.5) is 0 Å². The number of esters is 1. The van der Waals surface area contributed by atoms with E-state index < -0.39 is 11.9 Å². The third-order valence-electron chi connectivity index (χ3n) is 6.59. The molecule has 0 saturated carbocycles. The first-order chi connectivity index (χ1) is 17.0. The summed E-state index contributed by atoms with van der Waals surface area (Å²) >= 11 is 0. The number of hydrogen-bond donors (Lipinski definition) is 1. The molecule has 0 spiro atoms. The van der Waals surface area contributed by atoms with Crippen LogP contribution in [-0.4, -0.2) is 46.3 Å². The summed E-state index contributed by atoms with van der Waals surface area (Å²) in [4.78, 5) is 27.0. The van der Waals surface area contributed by atoms with Gasteiger partial charge in [0.25, 0.3) is 0 Å². The molecule has 7 heteroatoms. The minimum Gasteiger partial charge on any atom is -0.497 e. The zero-order chi connectivity index (χ0) is 24.9. The molecule has 1 heterocycles. The average Bonchev–Trinajstić information content (AvgIpc) is 2.87. The van der Waals surface area contributed by atoms with E-state index in [-0.39, 0.29) is 24.9 Å². The molecule has 1 aliphatic heterocycles. The molecular formula is C28H31NO6. The third-order valence-corrected chi connectivity index (χ3v) is 6.59. The van der Waals surface area contributed by atoms with Gasteiger partial charge in [0.1, 0.15) is 18.1 Å². The minimum atomic E-state index is -0.643. The number of hydrogen-bond acceptors (Lipinski definition) is 7. The Balaban J connectivity index is 1.83. The van der Waals surface area contributed by atoms with Gasteiger partial charge in [0.15, 0.2) is 5.78 Å². The predicted octanol–water partition coefficient (Wildman–Crippen LogP) is 4.26. The van der Waals surface area contributed by atoms with Crippen molar-refractivity contribution in [1.29, 1.82) is 0 Å². The Hall–Kier alpha value is -3.58. The van der Waals surface area contributed by atoms with Gasteiger partial charge in [0, 0.05) is 36.1 Å². The highest BCUT2D eigenvalue weighted by Gasteiger charge is 2.42. The number of allylic oxidation sites excluding steroid dienone is 3. The van der Waals surface area contributed by atoms with Crippen LogP contribution in [0.1, 0.15) is 42.7 Å². The van der Waals surface area contributed by atoms with Gasteiger partial charge in [-0.25, -0.2) is 4.79 Å². The van der Waals surface area contributed by atoms with Crippen molar-refractivity contribution in [2.45, 2.75) is 31.6 Å². The van der Waals surface area contributed by atoms with Crippen molar-refractivity contribution in [2.24, 2.45) is 0 Å². The van der Waals surface area contributed by atoms with Crippen molar-refractivity contribution in [1.82, 2.24) is 5.32 Å². The molecule has 0 saturated heterocycles. The van der Waals surface area contributed by atoms with Gasteiger partial charge in [-0.05, 0) is 43.0 Å². The number of ether oxygens (including phenoxy) is 4. The summed E-state index contributed by atoms with van der Waals surface area (Å²) in [5.41, 5.74) is 4.26. The summed E-state index contributed by atoms with van der Waals surface area (Å²) in [7, 11) is 4.70. The fourth-order valence-corrected chi connectivity index (χ4v) is 4.94. The Morgan fingerprint density at radius 1 is 1.00 bits per heavy atom. The smallest absolute Gasteiger partial charge is 0.336 e. The topological polar surface area (TPSA) is 83.1 Å². The van der Waals surface area contributed by atoms with Crippen molar-refractivity contribution in [2.75, 3.05) is 34.5 Å². The molecule has 2 aromatic carbocycles. The third kappa shape index (κ3) is 4.95. The Labute approximate surface area is 205 Å². The van der Waals surface area contributed by atoms with Crippen LogP contribution in [0.5, 0.6) is 11.5 Å². The van der Waals surface area contributed by atoms with Crippen LogP contribution >= 0.6 is 0 Å². The second-order valence-electron chi connectivity index (χ2n) is 8.66. The summed E-state index contributed by atoms with van der Waals surface area (Å²) in [6.07, 6.45) is 1.02. The molecule has 0 fully saturated rings. The lowest BCUT2D eigenvalue weighted by Crippen LogP contribution is -2.36. The van der Waals surface area contributed by atoms with E-state index in [1.165, 1.54) is 0 Å². The minimum absolute atomic E-state index is 0.00262. The van der Waals surface area contributed by atoms with Crippen LogP contribution in [0.25, 0.3) is 0 Å². The van der Waals surface area contributed by atoms with Gasteiger partial charge >= 0.3 is 5.97 Å². The van der Waals surface area contributed by atoms with Crippen LogP contribution in [0, 0.1) is 0 Å². The quantitative estimate of drug-likeness (QED) is 0.449. The number of methoxy groups -OCH3 is 3. The van der Waals surface area contributed by atoms with Crippen molar-refractivity contribution in [3.63, 3.8) is 0 Å². The van der Waals surface area contributed by atoms with Gasteiger partial charge in [-0.1, -0.05) is 30.3 Å². The number of nitrogens with one attached hydrogen (secondary N) is 1. The first kappa shape index (κ1) is 24.5. The van der Waals surface area contributed by atoms with E-state index in [9.17, 15) is 9.59 Å².